The van der Waals surface area contributed by atoms with Crippen molar-refractivity contribution in [2.45, 2.75) is 50.6 Å². The fourth-order valence-electron chi connectivity index (χ4n) is 4.04. The van der Waals surface area contributed by atoms with Crippen LogP contribution in [0.15, 0.2) is 0 Å². The van der Waals surface area contributed by atoms with Crippen molar-refractivity contribution in [2.24, 2.45) is 11.7 Å². The molecule has 3 rings (SSSR count). The standard InChI is InChI=1S/C14H25N3O/c15-9-13(8-14(18)16-5-1-2-6-16)17-10-11-3-4-12(17)7-11/h11-13H,1-10,15H2. The lowest BCUT2D eigenvalue weighted by atomic mass is 10.1. The molecule has 2 saturated heterocycles. The summed E-state index contributed by atoms with van der Waals surface area (Å²) in [6.45, 7) is 3.73. The molecule has 1 saturated carbocycles. The predicted octanol–water partition coefficient (Wildman–Crippen LogP) is 0.810. The molecular formula is C14H25N3O. The third-order valence-electron chi connectivity index (χ3n) is 5.06. The second kappa shape index (κ2) is 5.17. The fraction of sp³-hybridized carbons (Fsp3) is 0.929. The Morgan fingerprint density at radius 1 is 1.28 bits per heavy atom. The highest BCUT2D eigenvalue weighted by Crippen LogP contribution is 2.38. The van der Waals surface area contributed by atoms with Crippen molar-refractivity contribution in [2.75, 3.05) is 26.2 Å². The van der Waals surface area contributed by atoms with Gasteiger partial charge in [0.25, 0.3) is 0 Å². The normalized spacial score (nSPS) is 33.3. The van der Waals surface area contributed by atoms with Crippen LogP contribution in [0.2, 0.25) is 0 Å². The van der Waals surface area contributed by atoms with E-state index in [2.05, 4.69) is 4.90 Å². The second-order valence-electron chi connectivity index (χ2n) is 6.21. The maximum Gasteiger partial charge on any atom is 0.224 e. The SMILES string of the molecule is NCC(CC(=O)N1CCCC1)N1CC2CCC1C2. The van der Waals surface area contributed by atoms with Gasteiger partial charge in [-0.05, 0) is 38.0 Å². The van der Waals surface area contributed by atoms with Crippen molar-refractivity contribution in [3.63, 3.8) is 0 Å². The molecule has 2 bridgehead atoms. The van der Waals surface area contributed by atoms with Gasteiger partial charge in [0, 0.05) is 44.7 Å². The van der Waals surface area contributed by atoms with Crippen molar-refractivity contribution in [3.8, 4) is 0 Å². The largest absolute Gasteiger partial charge is 0.343 e. The lowest BCUT2D eigenvalue weighted by Gasteiger charge is -2.34. The number of carbonyl (C=O) groups excluding carboxylic acids is 1. The molecule has 1 aliphatic carbocycles. The molecule has 0 radical (unpaired) electrons. The van der Waals surface area contributed by atoms with E-state index in [0.29, 0.717) is 18.9 Å². The molecule has 4 heteroatoms. The summed E-state index contributed by atoms with van der Waals surface area (Å²) in [6, 6.07) is 1.00. The first-order valence-electron chi connectivity index (χ1n) is 7.51. The number of hydrogen-bond acceptors (Lipinski definition) is 3. The molecule has 102 valence electrons. The summed E-state index contributed by atoms with van der Waals surface area (Å²) >= 11 is 0. The van der Waals surface area contributed by atoms with Gasteiger partial charge in [0.15, 0.2) is 0 Å². The van der Waals surface area contributed by atoms with Gasteiger partial charge in [0.2, 0.25) is 5.91 Å². The zero-order chi connectivity index (χ0) is 12.5. The molecule has 3 unspecified atom stereocenters. The summed E-state index contributed by atoms with van der Waals surface area (Å²) in [7, 11) is 0. The van der Waals surface area contributed by atoms with Crippen LogP contribution in [0.4, 0.5) is 0 Å². The van der Waals surface area contributed by atoms with E-state index >= 15 is 0 Å². The van der Waals surface area contributed by atoms with E-state index in [0.717, 1.165) is 25.0 Å². The number of amides is 1. The Morgan fingerprint density at radius 2 is 2.06 bits per heavy atom. The summed E-state index contributed by atoms with van der Waals surface area (Å²) in [6.07, 6.45) is 7.03. The Balaban J connectivity index is 1.57. The van der Waals surface area contributed by atoms with Crippen molar-refractivity contribution >= 4 is 5.91 Å². The first kappa shape index (κ1) is 12.4. The maximum atomic E-state index is 12.2. The molecule has 0 aromatic carbocycles. The highest BCUT2D eigenvalue weighted by Gasteiger charge is 2.41. The third kappa shape index (κ3) is 2.28. The molecule has 3 atom stereocenters. The van der Waals surface area contributed by atoms with Crippen LogP contribution in [0.5, 0.6) is 0 Å². The molecule has 0 spiro atoms. The number of nitrogens with zero attached hydrogens (tertiary/aromatic N) is 2. The van der Waals surface area contributed by atoms with E-state index in [1.165, 1.54) is 38.6 Å². The number of nitrogens with two attached hydrogens (primary N) is 1. The zero-order valence-corrected chi connectivity index (χ0v) is 11.2. The number of likely N-dealkylation sites (tertiary alicyclic amines) is 2. The Morgan fingerprint density at radius 3 is 2.61 bits per heavy atom. The van der Waals surface area contributed by atoms with Gasteiger partial charge in [-0.15, -0.1) is 0 Å². The van der Waals surface area contributed by atoms with Crippen molar-refractivity contribution in [3.05, 3.63) is 0 Å². The molecule has 2 aliphatic heterocycles. The average molecular weight is 251 g/mol. The number of carbonyl (C=O) groups is 1. The van der Waals surface area contributed by atoms with E-state index in [-0.39, 0.29) is 6.04 Å². The van der Waals surface area contributed by atoms with Crippen LogP contribution in [0.25, 0.3) is 0 Å². The van der Waals surface area contributed by atoms with Gasteiger partial charge in [0.1, 0.15) is 0 Å². The first-order valence-corrected chi connectivity index (χ1v) is 7.51. The Hall–Kier alpha value is -0.610. The van der Waals surface area contributed by atoms with E-state index in [1.807, 2.05) is 4.90 Å². The van der Waals surface area contributed by atoms with Gasteiger partial charge in [-0.3, -0.25) is 9.69 Å². The Labute approximate surface area is 109 Å². The quantitative estimate of drug-likeness (QED) is 0.804. The van der Waals surface area contributed by atoms with Gasteiger partial charge >= 0.3 is 0 Å². The van der Waals surface area contributed by atoms with Crippen LogP contribution in [0.3, 0.4) is 0 Å². The third-order valence-corrected chi connectivity index (χ3v) is 5.06. The molecule has 1 amide bonds. The maximum absolute atomic E-state index is 12.2. The van der Waals surface area contributed by atoms with Crippen molar-refractivity contribution in [1.82, 2.24) is 9.80 Å². The smallest absolute Gasteiger partial charge is 0.224 e. The minimum absolute atomic E-state index is 0.286. The number of rotatable bonds is 4. The topological polar surface area (TPSA) is 49.6 Å². The lowest BCUT2D eigenvalue weighted by molar-refractivity contribution is -0.131. The summed E-state index contributed by atoms with van der Waals surface area (Å²) < 4.78 is 0. The van der Waals surface area contributed by atoms with E-state index in [4.69, 9.17) is 5.73 Å². The second-order valence-corrected chi connectivity index (χ2v) is 6.21. The number of piperidine rings is 1. The molecule has 3 fully saturated rings. The lowest BCUT2D eigenvalue weighted by Crippen LogP contribution is -2.47. The molecule has 2 heterocycles. The number of hydrogen-bond donors (Lipinski definition) is 1. The van der Waals surface area contributed by atoms with Gasteiger partial charge in [-0.25, -0.2) is 0 Å². The molecule has 4 nitrogen and oxygen atoms in total. The highest BCUT2D eigenvalue weighted by atomic mass is 16.2. The monoisotopic (exact) mass is 251 g/mol. The minimum Gasteiger partial charge on any atom is -0.343 e. The molecule has 0 aromatic heterocycles. The Kier molecular flexibility index (Phi) is 3.57. The van der Waals surface area contributed by atoms with Crippen LogP contribution >= 0.6 is 0 Å². The van der Waals surface area contributed by atoms with E-state index in [1.54, 1.807) is 0 Å². The fourth-order valence-corrected chi connectivity index (χ4v) is 4.04. The Bertz CT molecular complexity index is 314. The van der Waals surface area contributed by atoms with Crippen LogP contribution < -0.4 is 5.73 Å². The molecule has 2 N–H and O–H groups in total. The van der Waals surface area contributed by atoms with Crippen molar-refractivity contribution in [1.29, 1.82) is 0 Å². The van der Waals surface area contributed by atoms with Gasteiger partial charge in [-0.1, -0.05) is 0 Å². The summed E-state index contributed by atoms with van der Waals surface area (Å²) in [5, 5.41) is 0. The molecule has 3 aliphatic rings. The number of fused-ring (bicyclic) bond motifs is 2. The first-order chi connectivity index (χ1) is 8.78. The predicted molar refractivity (Wildman–Crippen MR) is 71.1 cm³/mol. The summed E-state index contributed by atoms with van der Waals surface area (Å²) in [5.74, 6) is 1.21. The van der Waals surface area contributed by atoms with E-state index < -0.39 is 0 Å². The van der Waals surface area contributed by atoms with Crippen LogP contribution in [0, 0.1) is 5.92 Å². The van der Waals surface area contributed by atoms with Crippen LogP contribution in [-0.2, 0) is 4.79 Å². The van der Waals surface area contributed by atoms with Gasteiger partial charge < -0.3 is 10.6 Å². The van der Waals surface area contributed by atoms with Gasteiger partial charge in [-0.2, -0.15) is 0 Å². The molecule has 18 heavy (non-hydrogen) atoms. The van der Waals surface area contributed by atoms with Crippen LogP contribution in [-0.4, -0.2) is 54.0 Å². The summed E-state index contributed by atoms with van der Waals surface area (Å²) in [5.41, 5.74) is 5.92. The zero-order valence-electron chi connectivity index (χ0n) is 11.2. The highest BCUT2D eigenvalue weighted by molar-refractivity contribution is 5.77. The van der Waals surface area contributed by atoms with Crippen LogP contribution in [0.1, 0.15) is 38.5 Å². The van der Waals surface area contributed by atoms with Crippen molar-refractivity contribution < 1.29 is 4.79 Å². The van der Waals surface area contributed by atoms with E-state index in [9.17, 15) is 4.79 Å². The minimum atomic E-state index is 0.286. The summed E-state index contributed by atoms with van der Waals surface area (Å²) in [4.78, 5) is 16.8. The molecular weight excluding hydrogens is 226 g/mol. The molecule has 0 aromatic rings. The van der Waals surface area contributed by atoms with Gasteiger partial charge in [0.05, 0.1) is 0 Å². The average Bonchev–Trinajstić information content (AvgIpc) is 3.10.